The van der Waals surface area contributed by atoms with Crippen molar-refractivity contribution >= 4 is 34.6 Å². The number of hydrogen-bond donors (Lipinski definition) is 0. The van der Waals surface area contributed by atoms with Crippen LogP contribution in [0.4, 0.5) is 22.0 Å². The van der Waals surface area contributed by atoms with Gasteiger partial charge in [-0.05, 0) is 25.0 Å². The molecule has 2 aliphatic rings. The van der Waals surface area contributed by atoms with Crippen molar-refractivity contribution in [1.82, 2.24) is 19.9 Å². The zero-order valence-electron chi connectivity index (χ0n) is 19.9. The number of oxime groups is 1. The number of nitrogens with zero attached hydrogens (tertiary/aromatic N) is 5. The molecule has 5 rings (SSSR count). The van der Waals surface area contributed by atoms with Crippen molar-refractivity contribution in [2.24, 2.45) is 5.16 Å². The largest absolute Gasteiger partial charge is 0.466 e. The number of aromatic nitrogens is 3. The van der Waals surface area contributed by atoms with Crippen LogP contribution >= 0.6 is 22.9 Å². The monoisotopic (exact) mass is 587 g/mol. The molecule has 0 N–H and O–H groups in total. The third-order valence-electron chi connectivity index (χ3n) is 6.33. The lowest BCUT2D eigenvalue weighted by molar-refractivity contribution is -0.141. The standard InChI is InChI=1S/C24H19ClF5N5O3S/c25-13-1-2-14(26)22(27)21(13)17-7-15(34-38-17)16-11-39-23(32-16)12-3-5-35(6-4-12)20(36)10-37-19-9-31-8-18(33-19)24(28,29)30/h1-2,8-9,11-12,17H,3-7,10H2. The highest BCUT2D eigenvalue weighted by molar-refractivity contribution is 7.10. The quantitative estimate of drug-likeness (QED) is 0.278. The highest BCUT2D eigenvalue weighted by Gasteiger charge is 2.34. The van der Waals surface area contributed by atoms with Crippen LogP contribution in [0.2, 0.25) is 5.02 Å². The first kappa shape index (κ1) is 27.2. The first-order chi connectivity index (χ1) is 18.6. The lowest BCUT2D eigenvalue weighted by Crippen LogP contribution is -2.40. The molecule has 39 heavy (non-hydrogen) atoms. The van der Waals surface area contributed by atoms with E-state index >= 15 is 0 Å². The number of thiazole rings is 1. The molecule has 0 radical (unpaired) electrons. The second-order valence-electron chi connectivity index (χ2n) is 8.85. The fraction of sp³-hybridized carbons (Fsp3) is 0.375. The average molecular weight is 588 g/mol. The van der Waals surface area contributed by atoms with Gasteiger partial charge in [-0.1, -0.05) is 16.8 Å². The predicted molar refractivity (Wildman–Crippen MR) is 130 cm³/mol. The zero-order valence-corrected chi connectivity index (χ0v) is 21.5. The van der Waals surface area contributed by atoms with Gasteiger partial charge in [-0.25, -0.2) is 18.7 Å². The number of rotatable bonds is 6. The Morgan fingerprint density at radius 1 is 1.18 bits per heavy atom. The fourth-order valence-electron chi connectivity index (χ4n) is 4.29. The van der Waals surface area contributed by atoms with Crippen molar-refractivity contribution in [3.8, 4) is 5.88 Å². The Balaban J connectivity index is 1.13. The van der Waals surface area contributed by atoms with Gasteiger partial charge in [0.2, 0.25) is 5.88 Å². The van der Waals surface area contributed by atoms with E-state index in [2.05, 4.69) is 20.1 Å². The number of amides is 1. The van der Waals surface area contributed by atoms with Crippen molar-refractivity contribution in [3.05, 3.63) is 68.5 Å². The Labute approximate surface area is 227 Å². The van der Waals surface area contributed by atoms with E-state index in [0.717, 1.165) is 17.3 Å². The van der Waals surface area contributed by atoms with E-state index < -0.39 is 36.2 Å². The number of carbonyl (C=O) groups excluding carboxylic acids is 1. The summed E-state index contributed by atoms with van der Waals surface area (Å²) < 4.78 is 71.4. The zero-order chi connectivity index (χ0) is 27.7. The molecule has 1 fully saturated rings. The summed E-state index contributed by atoms with van der Waals surface area (Å²) in [7, 11) is 0. The molecule has 206 valence electrons. The predicted octanol–water partition coefficient (Wildman–Crippen LogP) is 5.53. The van der Waals surface area contributed by atoms with Gasteiger partial charge in [0.1, 0.15) is 5.71 Å². The molecule has 3 aromatic rings. The number of hydrogen-bond acceptors (Lipinski definition) is 8. The summed E-state index contributed by atoms with van der Waals surface area (Å²) in [6.45, 7) is 0.373. The number of likely N-dealkylation sites (tertiary alicyclic amines) is 1. The van der Waals surface area contributed by atoms with E-state index in [4.69, 9.17) is 21.2 Å². The molecule has 0 saturated carbocycles. The molecule has 15 heteroatoms. The van der Waals surface area contributed by atoms with Crippen LogP contribution < -0.4 is 4.74 Å². The minimum absolute atomic E-state index is 0.0452. The van der Waals surface area contributed by atoms with E-state index in [1.54, 1.807) is 4.90 Å². The molecular formula is C24H19ClF5N5O3S. The number of halogens is 6. The molecule has 4 heterocycles. The molecule has 2 aromatic heterocycles. The van der Waals surface area contributed by atoms with Crippen LogP contribution in [0.3, 0.4) is 0 Å². The summed E-state index contributed by atoms with van der Waals surface area (Å²) in [6.07, 6.45) is -2.53. The van der Waals surface area contributed by atoms with E-state index in [9.17, 15) is 26.7 Å². The molecule has 1 unspecified atom stereocenters. The van der Waals surface area contributed by atoms with Crippen molar-refractivity contribution in [2.45, 2.75) is 37.5 Å². The number of carbonyl (C=O) groups is 1. The summed E-state index contributed by atoms with van der Waals surface area (Å²) in [5, 5.41) is 6.70. The summed E-state index contributed by atoms with van der Waals surface area (Å²) in [6, 6.07) is 2.21. The van der Waals surface area contributed by atoms with Crippen molar-refractivity contribution in [1.29, 1.82) is 0 Å². The molecule has 1 amide bonds. The number of benzene rings is 1. The van der Waals surface area contributed by atoms with Crippen LogP contribution in [0.1, 0.15) is 53.2 Å². The minimum atomic E-state index is -4.67. The molecule has 1 atom stereocenters. The van der Waals surface area contributed by atoms with E-state index in [-0.39, 0.29) is 34.7 Å². The molecule has 0 bridgehead atoms. The van der Waals surface area contributed by atoms with E-state index in [1.807, 2.05) is 5.38 Å². The van der Waals surface area contributed by atoms with Crippen molar-refractivity contribution in [3.63, 3.8) is 0 Å². The highest BCUT2D eigenvalue weighted by atomic mass is 35.5. The lowest BCUT2D eigenvalue weighted by atomic mass is 9.97. The number of alkyl halides is 3. The maximum Gasteiger partial charge on any atom is 0.435 e. The maximum atomic E-state index is 14.3. The van der Waals surface area contributed by atoms with Crippen LogP contribution in [0, 0.1) is 11.6 Å². The number of ether oxygens (including phenoxy) is 1. The average Bonchev–Trinajstić information content (AvgIpc) is 3.60. The Morgan fingerprint density at radius 3 is 2.69 bits per heavy atom. The summed E-state index contributed by atoms with van der Waals surface area (Å²) in [5.41, 5.74) is -0.233. The third kappa shape index (κ3) is 5.96. The van der Waals surface area contributed by atoms with Crippen LogP contribution in [-0.2, 0) is 15.8 Å². The van der Waals surface area contributed by atoms with Gasteiger partial charge in [0.25, 0.3) is 5.91 Å². The SMILES string of the molecule is O=C(COc1cncc(C(F)(F)F)n1)N1CCC(c2nc(C3=NOC(c4c(Cl)ccc(F)c4F)C3)cs2)CC1. The van der Waals surface area contributed by atoms with Gasteiger partial charge in [-0.3, -0.25) is 9.78 Å². The normalized spacial score (nSPS) is 18.2. The molecule has 0 spiro atoms. The topological polar surface area (TPSA) is 89.8 Å². The summed E-state index contributed by atoms with van der Waals surface area (Å²) in [4.78, 5) is 30.9. The Hall–Kier alpha value is -3.39. The third-order valence-corrected chi connectivity index (χ3v) is 7.67. The molecule has 1 saturated heterocycles. The van der Waals surface area contributed by atoms with Gasteiger partial charge in [0, 0.05) is 30.8 Å². The summed E-state index contributed by atoms with van der Waals surface area (Å²) >= 11 is 7.48. The van der Waals surface area contributed by atoms with Gasteiger partial charge in [0.05, 0.1) is 33.7 Å². The number of piperidine rings is 1. The molecule has 1 aromatic carbocycles. The van der Waals surface area contributed by atoms with Gasteiger partial charge in [-0.2, -0.15) is 13.2 Å². The van der Waals surface area contributed by atoms with Crippen molar-refractivity contribution < 1.29 is 36.3 Å². The second kappa shape index (κ2) is 11.0. The van der Waals surface area contributed by atoms with Crippen LogP contribution in [-0.4, -0.2) is 51.2 Å². The summed E-state index contributed by atoms with van der Waals surface area (Å²) in [5.74, 6) is -2.77. The van der Waals surface area contributed by atoms with Gasteiger partial charge < -0.3 is 14.5 Å². The van der Waals surface area contributed by atoms with Crippen LogP contribution in [0.25, 0.3) is 0 Å². The van der Waals surface area contributed by atoms with Crippen LogP contribution in [0.5, 0.6) is 5.88 Å². The lowest BCUT2D eigenvalue weighted by Gasteiger charge is -2.31. The van der Waals surface area contributed by atoms with Crippen molar-refractivity contribution in [2.75, 3.05) is 19.7 Å². The minimum Gasteiger partial charge on any atom is -0.466 e. The maximum absolute atomic E-state index is 14.3. The molecule has 2 aliphatic heterocycles. The highest BCUT2D eigenvalue weighted by Crippen LogP contribution is 2.37. The first-order valence-electron chi connectivity index (χ1n) is 11.7. The Bertz CT molecular complexity index is 1410. The Morgan fingerprint density at radius 2 is 1.95 bits per heavy atom. The van der Waals surface area contributed by atoms with E-state index in [1.165, 1.54) is 17.4 Å². The molecule has 8 nitrogen and oxygen atoms in total. The van der Waals surface area contributed by atoms with Gasteiger partial charge in [-0.15, -0.1) is 11.3 Å². The molecule has 0 aliphatic carbocycles. The van der Waals surface area contributed by atoms with Gasteiger partial charge >= 0.3 is 6.18 Å². The first-order valence-corrected chi connectivity index (χ1v) is 13.0. The smallest absolute Gasteiger partial charge is 0.435 e. The fourth-order valence-corrected chi connectivity index (χ4v) is 5.55. The Kier molecular flexibility index (Phi) is 7.67. The van der Waals surface area contributed by atoms with E-state index in [0.29, 0.717) is 43.5 Å². The second-order valence-corrected chi connectivity index (χ2v) is 10.1. The molecular weight excluding hydrogens is 569 g/mol. The van der Waals surface area contributed by atoms with Gasteiger partial charge in [0.15, 0.2) is 30.0 Å². The van der Waals surface area contributed by atoms with Crippen LogP contribution in [0.15, 0.2) is 35.1 Å².